The molecule has 0 aliphatic heterocycles. The van der Waals surface area contributed by atoms with Gasteiger partial charge in [-0.2, -0.15) is 0 Å². The van der Waals surface area contributed by atoms with Crippen LogP contribution in [-0.2, 0) is 7.05 Å². The van der Waals surface area contributed by atoms with Crippen LogP contribution in [0.15, 0.2) is 4.60 Å². The summed E-state index contributed by atoms with van der Waals surface area (Å²) in [5, 5.41) is 8.11. The first-order chi connectivity index (χ1) is 8.98. The van der Waals surface area contributed by atoms with Gasteiger partial charge in [-0.05, 0) is 41.9 Å². The first kappa shape index (κ1) is 16.6. The zero-order valence-corrected chi connectivity index (χ0v) is 14.2. The summed E-state index contributed by atoms with van der Waals surface area (Å²) in [5.74, 6) is 0. The minimum absolute atomic E-state index is 0.0541. The van der Waals surface area contributed by atoms with E-state index in [1.807, 2.05) is 7.05 Å². The SMILES string of the molecule is CCN(CC)C(CC)(CC)C(N)c1c(Br)nnn1C. The minimum Gasteiger partial charge on any atom is -0.321 e. The Morgan fingerprint density at radius 1 is 1.26 bits per heavy atom. The third-order valence-corrected chi connectivity index (χ3v) is 4.88. The van der Waals surface area contributed by atoms with Crippen LogP contribution < -0.4 is 5.73 Å². The molecule has 0 aliphatic carbocycles. The largest absolute Gasteiger partial charge is 0.321 e. The van der Waals surface area contributed by atoms with Gasteiger partial charge in [0.1, 0.15) is 0 Å². The first-order valence-corrected chi connectivity index (χ1v) is 7.83. The maximum Gasteiger partial charge on any atom is 0.153 e. The van der Waals surface area contributed by atoms with Crippen LogP contribution in [-0.4, -0.2) is 38.5 Å². The number of nitrogens with zero attached hydrogens (tertiary/aromatic N) is 4. The number of likely N-dealkylation sites (N-methyl/N-ethyl adjacent to an activating group) is 1. The van der Waals surface area contributed by atoms with Crippen molar-refractivity contribution in [1.82, 2.24) is 19.9 Å². The van der Waals surface area contributed by atoms with Gasteiger partial charge in [0, 0.05) is 12.6 Å². The summed E-state index contributed by atoms with van der Waals surface area (Å²) in [5.41, 5.74) is 7.53. The van der Waals surface area contributed by atoms with Gasteiger partial charge in [-0.1, -0.05) is 32.9 Å². The van der Waals surface area contributed by atoms with Gasteiger partial charge >= 0.3 is 0 Å². The van der Waals surface area contributed by atoms with E-state index in [1.165, 1.54) is 0 Å². The second kappa shape index (κ2) is 6.81. The number of rotatable bonds is 7. The highest BCUT2D eigenvalue weighted by atomic mass is 79.9. The predicted octanol–water partition coefficient (Wildman–Crippen LogP) is 2.48. The Morgan fingerprint density at radius 3 is 2.11 bits per heavy atom. The Balaban J connectivity index is 3.26. The molecule has 1 rings (SSSR count). The standard InChI is InChI=1S/C13H26BrN5/c1-6-13(7-2,19(8-3)9-4)11(15)10-12(14)16-17-18(10)5/h11H,6-9,15H2,1-5H3. The molecular weight excluding hydrogens is 306 g/mol. The molecule has 1 atom stereocenters. The van der Waals surface area contributed by atoms with Crippen LogP contribution in [0.5, 0.6) is 0 Å². The quantitative estimate of drug-likeness (QED) is 0.833. The lowest BCUT2D eigenvalue weighted by Gasteiger charge is -2.46. The van der Waals surface area contributed by atoms with Gasteiger partial charge in [0.05, 0.1) is 11.7 Å². The van der Waals surface area contributed by atoms with Crippen molar-refractivity contribution in [3.05, 3.63) is 10.3 Å². The molecule has 2 N–H and O–H groups in total. The molecule has 1 aromatic heterocycles. The van der Waals surface area contributed by atoms with Crippen molar-refractivity contribution in [3.8, 4) is 0 Å². The topological polar surface area (TPSA) is 60.0 Å². The number of aryl methyl sites for hydroxylation is 1. The Hall–Kier alpha value is -0.460. The summed E-state index contributed by atoms with van der Waals surface area (Å²) < 4.78 is 2.53. The van der Waals surface area contributed by atoms with E-state index in [4.69, 9.17) is 5.73 Å². The Labute approximate surface area is 124 Å². The monoisotopic (exact) mass is 331 g/mol. The fourth-order valence-electron chi connectivity index (χ4n) is 3.11. The van der Waals surface area contributed by atoms with Gasteiger partial charge in [-0.25, -0.2) is 4.68 Å². The van der Waals surface area contributed by atoms with E-state index >= 15 is 0 Å². The summed E-state index contributed by atoms with van der Waals surface area (Å²) in [6, 6.07) is -0.114. The Kier molecular flexibility index (Phi) is 5.95. The van der Waals surface area contributed by atoms with Crippen LogP contribution in [0.2, 0.25) is 0 Å². The van der Waals surface area contributed by atoms with Crippen molar-refractivity contribution in [2.75, 3.05) is 13.1 Å². The molecule has 0 radical (unpaired) electrons. The van der Waals surface area contributed by atoms with Gasteiger partial charge in [-0.15, -0.1) is 5.10 Å². The summed E-state index contributed by atoms with van der Waals surface area (Å²) in [6.45, 7) is 10.8. The second-order valence-electron chi connectivity index (χ2n) is 4.85. The molecule has 5 nitrogen and oxygen atoms in total. The van der Waals surface area contributed by atoms with Gasteiger partial charge in [0.25, 0.3) is 0 Å². The molecular formula is C13H26BrN5. The summed E-state index contributed by atoms with van der Waals surface area (Å²) >= 11 is 3.47. The van der Waals surface area contributed by atoms with Crippen molar-refractivity contribution in [2.24, 2.45) is 12.8 Å². The van der Waals surface area contributed by atoms with Crippen LogP contribution in [0.1, 0.15) is 52.3 Å². The maximum atomic E-state index is 6.62. The molecule has 0 bridgehead atoms. The summed E-state index contributed by atoms with van der Waals surface area (Å²) in [4.78, 5) is 2.46. The predicted molar refractivity (Wildman–Crippen MR) is 81.9 cm³/mol. The van der Waals surface area contributed by atoms with E-state index in [1.54, 1.807) is 4.68 Å². The van der Waals surface area contributed by atoms with Crippen molar-refractivity contribution < 1.29 is 0 Å². The zero-order chi connectivity index (χ0) is 14.6. The van der Waals surface area contributed by atoms with Crippen LogP contribution in [0.25, 0.3) is 0 Å². The molecule has 0 saturated heterocycles. The van der Waals surface area contributed by atoms with Gasteiger partial charge < -0.3 is 5.73 Å². The molecule has 19 heavy (non-hydrogen) atoms. The van der Waals surface area contributed by atoms with E-state index in [-0.39, 0.29) is 11.6 Å². The van der Waals surface area contributed by atoms with Crippen LogP contribution >= 0.6 is 15.9 Å². The molecule has 6 heteroatoms. The van der Waals surface area contributed by atoms with Crippen LogP contribution in [0.4, 0.5) is 0 Å². The highest BCUT2D eigenvalue weighted by Gasteiger charge is 2.41. The number of hydrogen-bond donors (Lipinski definition) is 1. The van der Waals surface area contributed by atoms with Crippen molar-refractivity contribution in [1.29, 1.82) is 0 Å². The fourth-order valence-corrected chi connectivity index (χ4v) is 3.68. The molecule has 0 aromatic carbocycles. The molecule has 0 saturated carbocycles. The van der Waals surface area contributed by atoms with Gasteiger partial charge in [0.15, 0.2) is 4.60 Å². The summed E-state index contributed by atoms with van der Waals surface area (Å²) in [6.07, 6.45) is 2.01. The normalized spacial score (nSPS) is 14.1. The third-order valence-electron chi connectivity index (χ3n) is 4.32. The van der Waals surface area contributed by atoms with Gasteiger partial charge in [0.2, 0.25) is 0 Å². The maximum absolute atomic E-state index is 6.62. The van der Waals surface area contributed by atoms with Crippen molar-refractivity contribution in [2.45, 2.75) is 52.1 Å². The molecule has 0 fully saturated rings. The van der Waals surface area contributed by atoms with E-state index in [9.17, 15) is 0 Å². The molecule has 0 aliphatic rings. The second-order valence-corrected chi connectivity index (χ2v) is 5.60. The molecule has 110 valence electrons. The van der Waals surface area contributed by atoms with Crippen LogP contribution in [0, 0.1) is 0 Å². The Bertz CT molecular complexity index is 376. The molecule has 1 heterocycles. The fraction of sp³-hybridized carbons (Fsp3) is 0.846. The lowest BCUT2D eigenvalue weighted by atomic mass is 9.81. The molecule has 1 aromatic rings. The zero-order valence-electron chi connectivity index (χ0n) is 12.6. The smallest absolute Gasteiger partial charge is 0.153 e. The number of hydrogen-bond acceptors (Lipinski definition) is 4. The number of halogens is 1. The van der Waals surface area contributed by atoms with E-state index in [2.05, 4.69) is 58.8 Å². The van der Waals surface area contributed by atoms with E-state index < -0.39 is 0 Å². The lowest BCUT2D eigenvalue weighted by Crippen LogP contribution is -2.55. The molecule has 0 spiro atoms. The van der Waals surface area contributed by atoms with Crippen molar-refractivity contribution >= 4 is 15.9 Å². The summed E-state index contributed by atoms with van der Waals surface area (Å²) in [7, 11) is 1.89. The highest BCUT2D eigenvalue weighted by molar-refractivity contribution is 9.10. The Morgan fingerprint density at radius 2 is 1.79 bits per heavy atom. The molecule has 1 unspecified atom stereocenters. The highest BCUT2D eigenvalue weighted by Crippen LogP contribution is 2.37. The van der Waals surface area contributed by atoms with Gasteiger partial charge in [-0.3, -0.25) is 4.90 Å². The average Bonchev–Trinajstić information content (AvgIpc) is 2.75. The van der Waals surface area contributed by atoms with Crippen LogP contribution in [0.3, 0.4) is 0 Å². The van der Waals surface area contributed by atoms with E-state index in [0.29, 0.717) is 0 Å². The first-order valence-electron chi connectivity index (χ1n) is 7.04. The van der Waals surface area contributed by atoms with Crippen molar-refractivity contribution in [3.63, 3.8) is 0 Å². The molecule has 0 amide bonds. The number of nitrogens with two attached hydrogens (primary N) is 1. The number of aromatic nitrogens is 3. The average molecular weight is 332 g/mol. The van der Waals surface area contributed by atoms with E-state index in [0.717, 1.165) is 36.2 Å². The lowest BCUT2D eigenvalue weighted by molar-refractivity contribution is 0.0597. The third kappa shape index (κ3) is 2.85. The minimum atomic E-state index is -0.114.